The van der Waals surface area contributed by atoms with Gasteiger partial charge in [0.25, 0.3) is 0 Å². The Morgan fingerprint density at radius 1 is 0.886 bits per heavy atom. The Bertz CT molecular complexity index is 1380. The minimum atomic E-state index is 0.320. The normalized spacial score (nSPS) is 16.8. The summed E-state index contributed by atoms with van der Waals surface area (Å²) in [6.07, 6.45) is 1.96. The first-order valence-corrected chi connectivity index (χ1v) is 12.0. The van der Waals surface area contributed by atoms with Crippen molar-refractivity contribution >= 4 is 10.9 Å². The van der Waals surface area contributed by atoms with E-state index in [1.165, 1.54) is 33.3 Å². The van der Waals surface area contributed by atoms with Gasteiger partial charge < -0.3 is 23.9 Å². The van der Waals surface area contributed by atoms with E-state index < -0.39 is 0 Å². The van der Waals surface area contributed by atoms with Gasteiger partial charge in [0.05, 0.1) is 21.3 Å². The fourth-order valence-electron chi connectivity index (χ4n) is 5.52. The molecule has 3 aromatic carbocycles. The third-order valence-electron chi connectivity index (χ3n) is 7.41. The Hall–Kier alpha value is -3.64. The molecule has 0 aliphatic carbocycles. The van der Waals surface area contributed by atoms with Gasteiger partial charge in [-0.2, -0.15) is 0 Å². The molecule has 4 aromatic rings. The zero-order valence-corrected chi connectivity index (χ0v) is 20.4. The number of fused-ring (bicyclic) bond motifs is 6. The first kappa shape index (κ1) is 21.9. The lowest BCUT2D eigenvalue weighted by Crippen LogP contribution is -2.39. The fourth-order valence-corrected chi connectivity index (χ4v) is 5.52. The highest BCUT2D eigenvalue weighted by molar-refractivity contribution is 5.86. The van der Waals surface area contributed by atoms with E-state index in [0.29, 0.717) is 12.6 Å². The van der Waals surface area contributed by atoms with E-state index in [0.717, 1.165) is 54.5 Å². The maximum atomic E-state index is 6.22. The highest BCUT2D eigenvalue weighted by Crippen LogP contribution is 2.44. The third kappa shape index (κ3) is 3.88. The minimum Gasteiger partial charge on any atom is -0.497 e. The van der Waals surface area contributed by atoms with E-state index in [9.17, 15) is 0 Å². The molecule has 1 aromatic heterocycles. The van der Waals surface area contributed by atoms with Crippen molar-refractivity contribution in [1.29, 1.82) is 0 Å². The molecule has 2 aliphatic rings. The van der Waals surface area contributed by atoms with Crippen LogP contribution >= 0.6 is 0 Å². The molecule has 6 rings (SSSR count). The number of aromatic amines is 1. The molecule has 0 saturated carbocycles. The number of aromatic nitrogens is 1. The number of hydrogen-bond donors (Lipinski definition) is 1. The molecule has 0 bridgehead atoms. The third-order valence-corrected chi connectivity index (χ3v) is 7.41. The maximum absolute atomic E-state index is 6.22. The summed E-state index contributed by atoms with van der Waals surface area (Å²) < 4.78 is 22.8. The molecule has 6 nitrogen and oxygen atoms in total. The Kier molecular flexibility index (Phi) is 5.53. The van der Waals surface area contributed by atoms with Gasteiger partial charge in [-0.25, -0.2) is 0 Å². The Morgan fingerprint density at radius 2 is 1.69 bits per heavy atom. The van der Waals surface area contributed by atoms with Crippen LogP contribution in [0.4, 0.5) is 0 Å². The quantitative estimate of drug-likeness (QED) is 0.407. The molecule has 3 heterocycles. The van der Waals surface area contributed by atoms with Gasteiger partial charge in [-0.05, 0) is 77.6 Å². The Balaban J connectivity index is 1.30. The van der Waals surface area contributed by atoms with Crippen LogP contribution in [0, 0.1) is 0 Å². The van der Waals surface area contributed by atoms with Crippen LogP contribution in [-0.4, -0.2) is 37.8 Å². The number of methoxy groups -OCH3 is 3. The van der Waals surface area contributed by atoms with Crippen molar-refractivity contribution in [2.75, 3.05) is 27.9 Å². The fraction of sp³-hybridized carbons (Fsp3) is 0.310. The Morgan fingerprint density at radius 3 is 2.46 bits per heavy atom. The van der Waals surface area contributed by atoms with E-state index in [1.807, 2.05) is 30.3 Å². The second kappa shape index (κ2) is 8.86. The van der Waals surface area contributed by atoms with Crippen LogP contribution in [0.15, 0.2) is 54.6 Å². The number of benzene rings is 3. The second-order valence-corrected chi connectivity index (χ2v) is 9.27. The van der Waals surface area contributed by atoms with Crippen LogP contribution < -0.4 is 18.9 Å². The number of nitrogens with zero attached hydrogens (tertiary/aromatic N) is 1. The summed E-state index contributed by atoms with van der Waals surface area (Å²) in [4.78, 5) is 6.22. The summed E-state index contributed by atoms with van der Waals surface area (Å²) in [6.45, 7) is 2.43. The lowest BCUT2D eigenvalue weighted by molar-refractivity contribution is 0.158. The molecule has 0 spiro atoms. The summed E-state index contributed by atoms with van der Waals surface area (Å²) in [7, 11) is 5.11. The molecule has 0 radical (unpaired) electrons. The summed E-state index contributed by atoms with van der Waals surface area (Å²) in [6, 6.07) is 18.9. The molecule has 1 unspecified atom stereocenters. The largest absolute Gasteiger partial charge is 0.497 e. The number of ether oxygens (including phenoxy) is 4. The molecular weight excluding hydrogens is 440 g/mol. The van der Waals surface area contributed by atoms with E-state index >= 15 is 0 Å². The Labute approximate surface area is 205 Å². The summed E-state index contributed by atoms with van der Waals surface area (Å²) in [5.41, 5.74) is 7.67. The lowest BCUT2D eigenvalue weighted by atomic mass is 9.85. The van der Waals surface area contributed by atoms with Gasteiger partial charge in [0.15, 0.2) is 11.5 Å². The van der Waals surface area contributed by atoms with E-state index in [1.54, 1.807) is 21.3 Å². The summed E-state index contributed by atoms with van der Waals surface area (Å²) >= 11 is 0. The zero-order chi connectivity index (χ0) is 23.9. The van der Waals surface area contributed by atoms with Gasteiger partial charge in [0, 0.05) is 35.7 Å². The van der Waals surface area contributed by atoms with Gasteiger partial charge in [-0.15, -0.1) is 0 Å². The van der Waals surface area contributed by atoms with Crippen molar-refractivity contribution in [2.45, 2.75) is 32.0 Å². The van der Waals surface area contributed by atoms with Crippen molar-refractivity contribution in [3.63, 3.8) is 0 Å². The molecule has 2 aliphatic heterocycles. The molecule has 0 saturated heterocycles. The average molecular weight is 471 g/mol. The monoisotopic (exact) mass is 470 g/mol. The molecule has 180 valence electrons. The van der Waals surface area contributed by atoms with Crippen molar-refractivity contribution in [2.24, 2.45) is 0 Å². The molecule has 6 heteroatoms. The topological polar surface area (TPSA) is 56.0 Å². The first-order valence-electron chi connectivity index (χ1n) is 12.0. The summed E-state index contributed by atoms with van der Waals surface area (Å²) in [5, 5.41) is 1.26. The van der Waals surface area contributed by atoms with Crippen LogP contribution in [0.1, 0.15) is 34.0 Å². The molecule has 0 fully saturated rings. The van der Waals surface area contributed by atoms with Crippen LogP contribution in [0.25, 0.3) is 10.9 Å². The molecule has 35 heavy (non-hydrogen) atoms. The molecule has 0 amide bonds. The maximum Gasteiger partial charge on any atom is 0.161 e. The van der Waals surface area contributed by atoms with E-state index in [-0.39, 0.29) is 0 Å². The van der Waals surface area contributed by atoms with Gasteiger partial charge in [-0.1, -0.05) is 12.1 Å². The molecule has 1 N–H and O–H groups in total. The van der Waals surface area contributed by atoms with Crippen molar-refractivity contribution < 1.29 is 18.9 Å². The lowest BCUT2D eigenvalue weighted by Gasteiger charge is -2.40. The van der Waals surface area contributed by atoms with Gasteiger partial charge in [0.1, 0.15) is 18.1 Å². The van der Waals surface area contributed by atoms with Crippen LogP contribution in [-0.2, 0) is 26.0 Å². The summed E-state index contributed by atoms with van der Waals surface area (Å²) in [5.74, 6) is 3.31. The zero-order valence-electron chi connectivity index (χ0n) is 20.4. The molecular formula is C29H30N2O4. The number of H-pyrrole nitrogens is 1. The predicted octanol–water partition coefficient (Wildman–Crippen LogP) is 5.43. The molecule has 1 atom stereocenters. The highest BCUT2D eigenvalue weighted by Gasteiger charge is 2.34. The SMILES string of the molecule is COc1ccc(COc2cc3c(cc2OC)C2Cc4c([nH]c5ccc(OC)cc45)CN2CC3)cc1. The van der Waals surface area contributed by atoms with Crippen molar-refractivity contribution in [3.05, 3.63) is 82.5 Å². The standard InChI is InChI=1S/C29H30N2O4/c1-32-20-6-4-18(5-7-20)17-35-29-12-19-10-11-31-16-26-24(14-27(31)22(19)15-28(29)34-3)23-13-21(33-2)8-9-25(23)30-26/h4-9,12-13,15,27,30H,10-11,14,16-17H2,1-3H3. The number of rotatable bonds is 6. The number of hydrogen-bond acceptors (Lipinski definition) is 5. The van der Waals surface area contributed by atoms with Gasteiger partial charge in [-0.3, -0.25) is 4.90 Å². The van der Waals surface area contributed by atoms with Gasteiger partial charge in [0.2, 0.25) is 0 Å². The van der Waals surface area contributed by atoms with Crippen molar-refractivity contribution in [3.8, 4) is 23.0 Å². The van der Waals surface area contributed by atoms with Gasteiger partial charge >= 0.3 is 0 Å². The smallest absolute Gasteiger partial charge is 0.161 e. The minimum absolute atomic E-state index is 0.320. The average Bonchev–Trinajstić information content (AvgIpc) is 3.26. The van der Waals surface area contributed by atoms with E-state index in [2.05, 4.69) is 34.1 Å². The highest BCUT2D eigenvalue weighted by atomic mass is 16.5. The second-order valence-electron chi connectivity index (χ2n) is 9.27. The first-order chi connectivity index (χ1) is 17.2. The van der Waals surface area contributed by atoms with E-state index in [4.69, 9.17) is 18.9 Å². The predicted molar refractivity (Wildman–Crippen MR) is 136 cm³/mol. The van der Waals surface area contributed by atoms with Crippen LogP contribution in [0.5, 0.6) is 23.0 Å². The van der Waals surface area contributed by atoms with Crippen LogP contribution in [0.3, 0.4) is 0 Å². The van der Waals surface area contributed by atoms with Crippen molar-refractivity contribution in [1.82, 2.24) is 9.88 Å². The van der Waals surface area contributed by atoms with Crippen LogP contribution in [0.2, 0.25) is 0 Å². The number of nitrogens with one attached hydrogen (secondary N) is 1.